The van der Waals surface area contributed by atoms with Crippen molar-refractivity contribution in [2.75, 3.05) is 13.1 Å². The average Bonchev–Trinajstić information content (AvgIpc) is 3.13. The Kier molecular flexibility index (Phi) is 4.55. The second kappa shape index (κ2) is 6.59. The van der Waals surface area contributed by atoms with Gasteiger partial charge in [-0.05, 0) is 37.7 Å². The van der Waals surface area contributed by atoms with Crippen molar-refractivity contribution in [1.82, 2.24) is 20.1 Å². The number of pyridine rings is 1. The Morgan fingerprint density at radius 1 is 1.41 bits per heavy atom. The zero-order valence-electron chi connectivity index (χ0n) is 11.4. The van der Waals surface area contributed by atoms with E-state index in [4.69, 9.17) is 16.0 Å². The van der Waals surface area contributed by atoms with Gasteiger partial charge in [0.25, 0.3) is 10.9 Å². The van der Waals surface area contributed by atoms with Gasteiger partial charge in [-0.15, -0.1) is 10.2 Å². The summed E-state index contributed by atoms with van der Waals surface area (Å²) in [5.41, 5.74) is -0.158. The van der Waals surface area contributed by atoms with Crippen LogP contribution in [0.1, 0.15) is 18.7 Å². The number of nitro groups is 1. The van der Waals surface area contributed by atoms with Crippen LogP contribution in [0.5, 0.6) is 0 Å². The number of hydrogen-bond acceptors (Lipinski definition) is 8. The highest BCUT2D eigenvalue weighted by Gasteiger charge is 2.18. The van der Waals surface area contributed by atoms with Crippen molar-refractivity contribution in [3.8, 4) is 0 Å². The molecule has 0 aliphatic carbocycles. The van der Waals surface area contributed by atoms with Crippen molar-refractivity contribution < 1.29 is 9.34 Å². The van der Waals surface area contributed by atoms with Gasteiger partial charge in [0.05, 0.1) is 16.5 Å². The maximum absolute atomic E-state index is 10.6. The zero-order valence-corrected chi connectivity index (χ0v) is 13.0. The van der Waals surface area contributed by atoms with Gasteiger partial charge in [-0.3, -0.25) is 15.0 Å². The molecule has 0 aromatic carbocycles. The number of rotatable bonds is 5. The van der Waals surface area contributed by atoms with E-state index < -0.39 is 4.92 Å². The number of halogens is 1. The maximum Gasteiger partial charge on any atom is 0.289 e. The van der Waals surface area contributed by atoms with E-state index in [-0.39, 0.29) is 10.7 Å². The summed E-state index contributed by atoms with van der Waals surface area (Å²) < 4.78 is 5.55. The van der Waals surface area contributed by atoms with Crippen molar-refractivity contribution in [1.29, 1.82) is 0 Å². The van der Waals surface area contributed by atoms with Gasteiger partial charge >= 0.3 is 0 Å². The highest BCUT2D eigenvalue weighted by atomic mass is 35.5. The van der Waals surface area contributed by atoms with Crippen LogP contribution in [0.2, 0.25) is 5.02 Å². The molecule has 0 radical (unpaired) electrons. The van der Waals surface area contributed by atoms with Crippen LogP contribution in [0, 0.1) is 10.1 Å². The first-order chi connectivity index (χ1) is 10.6. The van der Waals surface area contributed by atoms with E-state index >= 15 is 0 Å². The van der Waals surface area contributed by atoms with Gasteiger partial charge in [0.1, 0.15) is 11.2 Å². The van der Waals surface area contributed by atoms with Gasteiger partial charge in [0, 0.05) is 6.07 Å². The highest BCUT2D eigenvalue weighted by Crippen LogP contribution is 2.32. The average molecular weight is 342 g/mol. The Labute approximate surface area is 135 Å². The summed E-state index contributed by atoms with van der Waals surface area (Å²) in [7, 11) is 0. The first-order valence-electron chi connectivity index (χ1n) is 6.64. The molecule has 116 valence electrons. The lowest BCUT2D eigenvalue weighted by Gasteiger charge is -2.10. The van der Waals surface area contributed by atoms with Gasteiger partial charge in [-0.25, -0.2) is 4.98 Å². The first-order valence-corrected chi connectivity index (χ1v) is 7.84. The molecule has 3 rings (SSSR count). The van der Waals surface area contributed by atoms with E-state index in [1.807, 2.05) is 0 Å². The van der Waals surface area contributed by atoms with E-state index in [2.05, 4.69) is 20.1 Å². The number of likely N-dealkylation sites (tertiary alicyclic amines) is 1. The monoisotopic (exact) mass is 341 g/mol. The van der Waals surface area contributed by atoms with Gasteiger partial charge in [0.15, 0.2) is 0 Å². The molecule has 10 heteroatoms. The van der Waals surface area contributed by atoms with Crippen LogP contribution in [-0.4, -0.2) is 38.1 Å². The molecule has 2 aromatic rings. The minimum absolute atomic E-state index is 0.158. The smallest absolute Gasteiger partial charge is 0.289 e. The van der Waals surface area contributed by atoms with E-state index in [0.29, 0.717) is 22.7 Å². The first kappa shape index (κ1) is 15.2. The number of aromatic nitrogens is 3. The van der Waals surface area contributed by atoms with E-state index in [9.17, 15) is 10.1 Å². The lowest BCUT2D eigenvalue weighted by atomic mass is 10.4. The molecular formula is C12H12ClN5O3S. The van der Waals surface area contributed by atoms with Crippen molar-refractivity contribution in [3.63, 3.8) is 0 Å². The minimum Gasteiger partial charge on any atom is -0.414 e. The number of hydrogen-bond donors (Lipinski definition) is 0. The summed E-state index contributed by atoms with van der Waals surface area (Å²) in [6.45, 7) is 2.72. The van der Waals surface area contributed by atoms with Crippen LogP contribution in [0.25, 0.3) is 0 Å². The number of nitrogens with zero attached hydrogens (tertiary/aromatic N) is 5. The summed E-state index contributed by atoms with van der Waals surface area (Å²) >= 11 is 7.07. The van der Waals surface area contributed by atoms with E-state index in [1.54, 1.807) is 0 Å². The van der Waals surface area contributed by atoms with Crippen LogP contribution in [-0.2, 0) is 6.54 Å². The molecule has 22 heavy (non-hydrogen) atoms. The summed E-state index contributed by atoms with van der Waals surface area (Å²) in [6, 6.07) is 1.25. The highest BCUT2D eigenvalue weighted by molar-refractivity contribution is 7.99. The Hall–Kier alpha value is -1.71. The fourth-order valence-corrected chi connectivity index (χ4v) is 3.07. The molecular weight excluding hydrogens is 330 g/mol. The molecule has 1 aliphatic heterocycles. The van der Waals surface area contributed by atoms with Crippen molar-refractivity contribution in [3.05, 3.63) is 33.3 Å². The second-order valence-electron chi connectivity index (χ2n) is 4.78. The Morgan fingerprint density at radius 2 is 2.18 bits per heavy atom. The van der Waals surface area contributed by atoms with Crippen LogP contribution < -0.4 is 0 Å². The molecule has 0 N–H and O–H groups in total. The van der Waals surface area contributed by atoms with Crippen molar-refractivity contribution in [2.24, 2.45) is 0 Å². The molecule has 8 nitrogen and oxygen atoms in total. The normalized spacial score (nSPS) is 15.3. The van der Waals surface area contributed by atoms with E-state index in [0.717, 1.165) is 31.0 Å². The van der Waals surface area contributed by atoms with Crippen molar-refractivity contribution >= 4 is 29.1 Å². The van der Waals surface area contributed by atoms with Crippen LogP contribution in [0.3, 0.4) is 0 Å². The fourth-order valence-electron chi connectivity index (χ4n) is 2.15. The Bertz CT molecular complexity index is 689. The van der Waals surface area contributed by atoms with Crippen LogP contribution in [0.15, 0.2) is 26.9 Å². The molecule has 0 spiro atoms. The van der Waals surface area contributed by atoms with Crippen molar-refractivity contribution in [2.45, 2.75) is 29.6 Å². The van der Waals surface area contributed by atoms with Gasteiger partial charge < -0.3 is 4.42 Å². The third-order valence-corrected chi connectivity index (χ3v) is 4.45. The Balaban J connectivity index is 1.68. The predicted molar refractivity (Wildman–Crippen MR) is 78.8 cm³/mol. The minimum atomic E-state index is -0.547. The molecule has 2 aromatic heterocycles. The molecule has 1 saturated heterocycles. The molecule has 1 aliphatic rings. The maximum atomic E-state index is 10.6. The molecule has 0 saturated carbocycles. The fraction of sp³-hybridized carbons (Fsp3) is 0.417. The van der Waals surface area contributed by atoms with E-state index in [1.165, 1.54) is 18.9 Å². The third kappa shape index (κ3) is 3.54. The summed E-state index contributed by atoms with van der Waals surface area (Å²) in [5, 5.41) is 19.5. The Morgan fingerprint density at radius 3 is 2.86 bits per heavy atom. The SMILES string of the molecule is O=[N+]([O-])c1cnc(Sc2nnc(CN3CCCC3)o2)c(Cl)c1. The molecule has 0 amide bonds. The summed E-state index contributed by atoms with van der Waals surface area (Å²) in [4.78, 5) is 16.3. The zero-order chi connectivity index (χ0) is 15.5. The van der Waals surface area contributed by atoms with Gasteiger partial charge in [-0.2, -0.15) is 0 Å². The molecule has 0 atom stereocenters. The van der Waals surface area contributed by atoms with Crippen LogP contribution in [0.4, 0.5) is 5.69 Å². The van der Waals surface area contributed by atoms with Gasteiger partial charge in [-0.1, -0.05) is 11.6 Å². The molecule has 0 unspecified atom stereocenters. The summed E-state index contributed by atoms with van der Waals surface area (Å²) in [5.74, 6) is 0.544. The largest absolute Gasteiger partial charge is 0.414 e. The lowest BCUT2D eigenvalue weighted by molar-refractivity contribution is -0.385. The second-order valence-corrected chi connectivity index (χ2v) is 6.13. The quantitative estimate of drug-likeness (QED) is 0.604. The van der Waals surface area contributed by atoms with Crippen LogP contribution >= 0.6 is 23.4 Å². The predicted octanol–water partition coefficient (Wildman–Crippen LogP) is 2.77. The third-order valence-electron chi connectivity index (χ3n) is 3.19. The molecule has 0 bridgehead atoms. The lowest BCUT2D eigenvalue weighted by Crippen LogP contribution is -2.18. The molecule has 3 heterocycles. The standard InChI is InChI=1S/C12H12ClN5O3S/c13-9-5-8(18(19)20)6-14-11(9)22-12-16-15-10(21-12)7-17-3-1-2-4-17/h5-6H,1-4,7H2. The summed E-state index contributed by atoms with van der Waals surface area (Å²) in [6.07, 6.45) is 3.53. The molecule has 1 fully saturated rings. The van der Waals surface area contributed by atoms with Gasteiger partial charge in [0.2, 0.25) is 5.89 Å². The topological polar surface area (TPSA) is 98.2 Å².